The molecule has 0 radical (unpaired) electrons. The first-order valence-corrected chi connectivity index (χ1v) is 4.91. The van der Waals surface area contributed by atoms with E-state index in [-0.39, 0.29) is 0 Å². The van der Waals surface area contributed by atoms with Crippen LogP contribution in [0.1, 0.15) is 32.1 Å². The van der Waals surface area contributed by atoms with Crippen molar-refractivity contribution in [1.82, 2.24) is 0 Å². The van der Waals surface area contributed by atoms with Crippen LogP contribution in [-0.2, 0) is 4.79 Å². The van der Waals surface area contributed by atoms with Gasteiger partial charge in [-0.05, 0) is 31.8 Å². The molecule has 0 saturated heterocycles. The van der Waals surface area contributed by atoms with E-state index in [1.54, 1.807) is 0 Å². The maximum absolute atomic E-state index is 12.1. The molecular formula is C11H13F3O. The van der Waals surface area contributed by atoms with Crippen LogP contribution in [0.5, 0.6) is 0 Å². The molecule has 4 heteroatoms. The molecule has 0 N–H and O–H groups in total. The Labute approximate surface area is 86.7 Å². The smallest absolute Gasteiger partial charge is 0.289 e. The minimum Gasteiger partial charge on any atom is -0.289 e. The van der Waals surface area contributed by atoms with Crippen molar-refractivity contribution in [2.45, 2.75) is 38.3 Å². The minimum absolute atomic E-state index is 0.733. The molecule has 0 unspecified atom stereocenters. The Bertz CT molecular complexity index is 291. The van der Waals surface area contributed by atoms with Gasteiger partial charge in [-0.15, -0.1) is 0 Å². The molecule has 1 aliphatic carbocycles. The highest BCUT2D eigenvalue weighted by molar-refractivity contribution is 6.04. The summed E-state index contributed by atoms with van der Waals surface area (Å²) in [7, 11) is 0. The lowest BCUT2D eigenvalue weighted by molar-refractivity contribution is -0.124. The lowest BCUT2D eigenvalue weighted by Crippen LogP contribution is -2.18. The Morgan fingerprint density at radius 3 is 2.20 bits per heavy atom. The Morgan fingerprint density at radius 1 is 1.20 bits per heavy atom. The highest BCUT2D eigenvalue weighted by Gasteiger charge is 2.35. The fraction of sp³-hybridized carbons (Fsp3) is 0.545. The van der Waals surface area contributed by atoms with Crippen molar-refractivity contribution in [3.05, 3.63) is 23.8 Å². The summed E-state index contributed by atoms with van der Waals surface area (Å²) in [5, 5.41) is 0. The van der Waals surface area contributed by atoms with Gasteiger partial charge in [-0.1, -0.05) is 18.6 Å². The number of alkyl halides is 3. The molecule has 1 saturated carbocycles. The van der Waals surface area contributed by atoms with Crippen molar-refractivity contribution in [1.29, 1.82) is 0 Å². The van der Waals surface area contributed by atoms with Gasteiger partial charge < -0.3 is 0 Å². The summed E-state index contributed by atoms with van der Waals surface area (Å²) >= 11 is 0. The molecule has 0 heterocycles. The van der Waals surface area contributed by atoms with Crippen molar-refractivity contribution < 1.29 is 18.0 Å². The molecule has 1 aliphatic rings. The first kappa shape index (κ1) is 12.0. The van der Waals surface area contributed by atoms with Gasteiger partial charge in [-0.2, -0.15) is 13.2 Å². The molecule has 0 aromatic rings. The molecule has 0 bridgehead atoms. The number of ketones is 1. The zero-order chi connectivity index (χ0) is 11.5. The lowest BCUT2D eigenvalue weighted by Gasteiger charge is -2.13. The first-order chi connectivity index (χ1) is 6.91. The molecule has 0 aliphatic heterocycles. The average molecular weight is 218 g/mol. The predicted octanol–water partition coefficient (Wildman–Crippen LogP) is 3.56. The number of carbonyl (C=O) groups excluding carboxylic acids is 1. The number of carbonyl (C=O) groups is 1. The zero-order valence-corrected chi connectivity index (χ0v) is 8.36. The van der Waals surface area contributed by atoms with Crippen LogP contribution >= 0.6 is 0 Å². The van der Waals surface area contributed by atoms with Crippen molar-refractivity contribution >= 4 is 5.78 Å². The van der Waals surface area contributed by atoms with E-state index in [1.807, 2.05) is 0 Å². The van der Waals surface area contributed by atoms with Crippen molar-refractivity contribution in [2.24, 2.45) is 0 Å². The summed E-state index contributed by atoms with van der Waals surface area (Å²) in [6.45, 7) is 2.77. The molecule has 0 amide bonds. The number of hydrogen-bond donors (Lipinski definition) is 0. The summed E-state index contributed by atoms with van der Waals surface area (Å²) in [6.07, 6.45) is 0.965. The van der Waals surface area contributed by atoms with Crippen molar-refractivity contribution in [3.63, 3.8) is 0 Å². The van der Waals surface area contributed by atoms with Gasteiger partial charge in [-0.25, -0.2) is 0 Å². The third-order valence-electron chi connectivity index (χ3n) is 2.47. The molecular weight excluding hydrogens is 205 g/mol. The molecule has 1 nitrogen and oxygen atoms in total. The largest absolute Gasteiger partial charge is 0.419 e. The van der Waals surface area contributed by atoms with Crippen LogP contribution < -0.4 is 0 Å². The fourth-order valence-electron chi connectivity index (χ4n) is 1.56. The van der Waals surface area contributed by atoms with Gasteiger partial charge in [0.05, 0.1) is 5.57 Å². The summed E-state index contributed by atoms with van der Waals surface area (Å²) in [5.41, 5.74) is -0.461. The molecule has 0 aromatic heterocycles. The summed E-state index contributed by atoms with van der Waals surface area (Å²) in [4.78, 5) is 11.2. The molecule has 0 spiro atoms. The summed E-state index contributed by atoms with van der Waals surface area (Å²) < 4.78 is 36.3. The van der Waals surface area contributed by atoms with Crippen LogP contribution in [0.3, 0.4) is 0 Å². The Balaban J connectivity index is 2.65. The van der Waals surface area contributed by atoms with Crippen molar-refractivity contribution in [3.8, 4) is 0 Å². The summed E-state index contributed by atoms with van der Waals surface area (Å²) in [6, 6.07) is 0. The normalized spacial score (nSPS) is 17.4. The third-order valence-corrected chi connectivity index (χ3v) is 2.47. The molecule has 0 aromatic carbocycles. The van der Waals surface area contributed by atoms with E-state index < -0.39 is 17.5 Å². The lowest BCUT2D eigenvalue weighted by atomic mass is 9.93. The number of allylic oxidation sites excluding steroid dienone is 3. The summed E-state index contributed by atoms with van der Waals surface area (Å²) in [5.74, 6) is -1.00. The Morgan fingerprint density at radius 2 is 1.73 bits per heavy atom. The van der Waals surface area contributed by atoms with Crippen LogP contribution in [0.4, 0.5) is 13.2 Å². The standard InChI is InChI=1S/C11H13F3O/c1-8(11(12,13)14)10(15)7-9-5-3-2-4-6-9/h7H,1-6H2. The van der Waals surface area contributed by atoms with E-state index in [4.69, 9.17) is 0 Å². The number of hydrogen-bond acceptors (Lipinski definition) is 1. The van der Waals surface area contributed by atoms with E-state index in [0.717, 1.165) is 43.8 Å². The van der Waals surface area contributed by atoms with Crippen LogP contribution in [0.2, 0.25) is 0 Å². The van der Waals surface area contributed by atoms with E-state index >= 15 is 0 Å². The van der Waals surface area contributed by atoms with Gasteiger partial charge in [0.1, 0.15) is 0 Å². The first-order valence-electron chi connectivity index (χ1n) is 4.91. The van der Waals surface area contributed by atoms with Crippen molar-refractivity contribution in [2.75, 3.05) is 0 Å². The zero-order valence-electron chi connectivity index (χ0n) is 8.36. The van der Waals surface area contributed by atoms with Crippen LogP contribution in [0, 0.1) is 0 Å². The predicted molar refractivity (Wildman–Crippen MR) is 51.4 cm³/mol. The maximum Gasteiger partial charge on any atom is 0.419 e. The second-order valence-corrected chi connectivity index (χ2v) is 3.70. The van der Waals surface area contributed by atoms with Gasteiger partial charge in [0.25, 0.3) is 0 Å². The van der Waals surface area contributed by atoms with Gasteiger partial charge >= 0.3 is 6.18 Å². The highest BCUT2D eigenvalue weighted by Crippen LogP contribution is 2.27. The quantitative estimate of drug-likeness (QED) is 0.647. The van der Waals surface area contributed by atoms with Gasteiger partial charge in [-0.3, -0.25) is 4.79 Å². The third kappa shape index (κ3) is 3.53. The van der Waals surface area contributed by atoms with E-state index in [1.165, 1.54) is 0 Å². The van der Waals surface area contributed by atoms with E-state index in [2.05, 4.69) is 6.58 Å². The number of halogens is 3. The second-order valence-electron chi connectivity index (χ2n) is 3.70. The number of rotatable bonds is 2. The minimum atomic E-state index is -4.61. The van der Waals surface area contributed by atoms with Gasteiger partial charge in [0, 0.05) is 0 Å². The average Bonchev–Trinajstić information content (AvgIpc) is 2.16. The van der Waals surface area contributed by atoms with Crippen LogP contribution in [0.15, 0.2) is 23.8 Å². The highest BCUT2D eigenvalue weighted by atomic mass is 19.4. The second kappa shape index (κ2) is 4.64. The van der Waals surface area contributed by atoms with Crippen LogP contribution in [0.25, 0.3) is 0 Å². The van der Waals surface area contributed by atoms with E-state index in [9.17, 15) is 18.0 Å². The molecule has 1 fully saturated rings. The molecule has 1 rings (SSSR count). The molecule has 0 atom stereocenters. The van der Waals surface area contributed by atoms with E-state index in [0.29, 0.717) is 0 Å². The van der Waals surface area contributed by atoms with Crippen LogP contribution in [-0.4, -0.2) is 12.0 Å². The Hall–Kier alpha value is -1.06. The Kier molecular flexibility index (Phi) is 3.72. The maximum atomic E-state index is 12.1. The van der Waals surface area contributed by atoms with Gasteiger partial charge in [0.15, 0.2) is 5.78 Å². The van der Waals surface area contributed by atoms with Gasteiger partial charge in [0.2, 0.25) is 0 Å². The fourth-order valence-corrected chi connectivity index (χ4v) is 1.56. The molecule has 15 heavy (non-hydrogen) atoms. The molecule has 84 valence electrons. The SMILES string of the molecule is C=C(C(=O)C=C1CCCCC1)C(F)(F)F. The monoisotopic (exact) mass is 218 g/mol. The topological polar surface area (TPSA) is 17.1 Å².